The van der Waals surface area contributed by atoms with E-state index >= 15 is 0 Å². The van der Waals surface area contributed by atoms with Crippen molar-refractivity contribution in [2.75, 3.05) is 19.1 Å². The van der Waals surface area contributed by atoms with Crippen LogP contribution >= 0.6 is 11.8 Å². The minimum atomic E-state index is -0.271. The fourth-order valence-corrected chi connectivity index (χ4v) is 2.32. The summed E-state index contributed by atoms with van der Waals surface area (Å²) in [7, 11) is 1.46. The fraction of sp³-hybridized carbons (Fsp3) is 0.462. The third-order valence-corrected chi connectivity index (χ3v) is 3.40. The van der Waals surface area contributed by atoms with Crippen molar-refractivity contribution in [1.82, 2.24) is 5.32 Å². The molecule has 0 aliphatic rings. The van der Waals surface area contributed by atoms with E-state index in [1.54, 1.807) is 30.0 Å². The Morgan fingerprint density at radius 3 is 2.83 bits per heavy atom. The zero-order valence-electron chi connectivity index (χ0n) is 10.9. The number of thioether (sulfide) groups is 1. The average molecular weight is 269 g/mol. The van der Waals surface area contributed by atoms with Crippen molar-refractivity contribution >= 4 is 17.7 Å². The Hall–Kier alpha value is -1.36. The van der Waals surface area contributed by atoms with Gasteiger partial charge >= 0.3 is 0 Å². The predicted molar refractivity (Wildman–Crippen MR) is 74.6 cm³/mol. The first-order chi connectivity index (χ1) is 8.63. The van der Waals surface area contributed by atoms with Crippen molar-refractivity contribution in [3.63, 3.8) is 0 Å². The van der Waals surface area contributed by atoms with E-state index in [0.29, 0.717) is 5.75 Å². The molecule has 0 heterocycles. The summed E-state index contributed by atoms with van der Waals surface area (Å²) in [4.78, 5) is 12.0. The number of carbonyl (C=O) groups is 1. The van der Waals surface area contributed by atoms with Gasteiger partial charge in [0.25, 0.3) is 5.91 Å². The molecule has 18 heavy (non-hydrogen) atoms. The Morgan fingerprint density at radius 1 is 1.56 bits per heavy atom. The van der Waals surface area contributed by atoms with Crippen LogP contribution in [0.15, 0.2) is 18.2 Å². The molecule has 0 spiro atoms. The lowest BCUT2D eigenvalue weighted by atomic mass is 10.1. The number of phenolic OH excluding ortho intramolecular Hbond substituents is 1. The second kappa shape index (κ2) is 7.16. The fourth-order valence-electron chi connectivity index (χ4n) is 1.60. The minimum Gasteiger partial charge on any atom is -0.504 e. The van der Waals surface area contributed by atoms with Gasteiger partial charge < -0.3 is 15.2 Å². The minimum absolute atomic E-state index is 0.109. The summed E-state index contributed by atoms with van der Waals surface area (Å²) < 4.78 is 4.98. The van der Waals surface area contributed by atoms with Crippen LogP contribution in [0.5, 0.6) is 11.5 Å². The van der Waals surface area contributed by atoms with Crippen molar-refractivity contribution in [2.45, 2.75) is 19.4 Å². The molecule has 1 amide bonds. The molecule has 0 aliphatic heterocycles. The number of hydrogen-bond donors (Lipinski definition) is 2. The largest absolute Gasteiger partial charge is 0.504 e. The van der Waals surface area contributed by atoms with Crippen LogP contribution in [0.1, 0.15) is 23.7 Å². The lowest BCUT2D eigenvalue weighted by molar-refractivity contribution is 0.0936. The van der Waals surface area contributed by atoms with E-state index < -0.39 is 0 Å². The average Bonchev–Trinajstić information content (AvgIpc) is 2.38. The van der Waals surface area contributed by atoms with Crippen molar-refractivity contribution in [1.29, 1.82) is 0 Å². The number of nitrogens with one attached hydrogen (secondary N) is 1. The molecular weight excluding hydrogens is 250 g/mol. The van der Waals surface area contributed by atoms with E-state index in [9.17, 15) is 9.90 Å². The summed E-state index contributed by atoms with van der Waals surface area (Å²) in [6.07, 6.45) is 2.86. The summed E-state index contributed by atoms with van der Waals surface area (Å²) in [6.45, 7) is 2.02. The van der Waals surface area contributed by atoms with Gasteiger partial charge in [-0.1, -0.05) is 13.0 Å². The molecule has 1 rings (SSSR count). The maximum absolute atomic E-state index is 12.0. The lowest BCUT2D eigenvalue weighted by Crippen LogP contribution is -2.36. The second-order valence-electron chi connectivity index (χ2n) is 3.89. The molecule has 1 aromatic rings. The quantitative estimate of drug-likeness (QED) is 0.832. The molecule has 0 fully saturated rings. The molecule has 1 unspecified atom stereocenters. The Morgan fingerprint density at radius 2 is 2.28 bits per heavy atom. The van der Waals surface area contributed by atoms with Gasteiger partial charge in [-0.15, -0.1) is 0 Å². The van der Waals surface area contributed by atoms with Gasteiger partial charge in [0.05, 0.1) is 12.7 Å². The maximum atomic E-state index is 12.0. The van der Waals surface area contributed by atoms with E-state index in [1.165, 1.54) is 7.11 Å². The van der Waals surface area contributed by atoms with Crippen LogP contribution in [0.25, 0.3) is 0 Å². The zero-order chi connectivity index (χ0) is 13.5. The van der Waals surface area contributed by atoms with Gasteiger partial charge in [0.1, 0.15) is 0 Å². The first kappa shape index (κ1) is 14.7. The Labute approximate surface area is 112 Å². The first-order valence-electron chi connectivity index (χ1n) is 5.79. The first-order valence-corrected chi connectivity index (χ1v) is 7.19. The summed E-state index contributed by atoms with van der Waals surface area (Å²) in [5.41, 5.74) is 0.244. The predicted octanol–water partition coefficient (Wildman–Crippen LogP) is 2.27. The standard InChI is InChI=1S/C13H19NO3S/c1-4-9(8-18-3)14-13(16)10-6-5-7-11(17-2)12(10)15/h5-7,9,15H,4,8H2,1-3H3,(H,14,16). The van der Waals surface area contributed by atoms with Crippen molar-refractivity contribution < 1.29 is 14.6 Å². The Balaban J connectivity index is 2.84. The summed E-state index contributed by atoms with van der Waals surface area (Å²) in [5.74, 6) is 0.775. The molecule has 5 heteroatoms. The number of hydrogen-bond acceptors (Lipinski definition) is 4. The molecule has 0 saturated heterocycles. The van der Waals surface area contributed by atoms with Gasteiger partial charge in [-0.25, -0.2) is 0 Å². The number of ether oxygens (including phenoxy) is 1. The number of carbonyl (C=O) groups excluding carboxylic acids is 1. The number of methoxy groups -OCH3 is 1. The van der Waals surface area contributed by atoms with Crippen LogP contribution in [-0.4, -0.2) is 36.2 Å². The third kappa shape index (κ3) is 3.57. The Bertz CT molecular complexity index is 409. The van der Waals surface area contributed by atoms with E-state index in [1.807, 2.05) is 13.2 Å². The van der Waals surface area contributed by atoms with E-state index in [4.69, 9.17) is 4.74 Å². The molecule has 0 saturated carbocycles. The highest BCUT2D eigenvalue weighted by atomic mass is 32.2. The number of amides is 1. The summed E-state index contributed by atoms with van der Waals surface area (Å²) in [6, 6.07) is 4.99. The van der Waals surface area contributed by atoms with Crippen molar-refractivity contribution in [3.8, 4) is 11.5 Å². The van der Waals surface area contributed by atoms with Gasteiger partial charge in [-0.05, 0) is 24.8 Å². The van der Waals surface area contributed by atoms with Gasteiger partial charge in [-0.2, -0.15) is 11.8 Å². The van der Waals surface area contributed by atoms with Crippen LogP contribution in [0.4, 0.5) is 0 Å². The number of para-hydroxylation sites is 1. The Kier molecular flexibility index (Phi) is 5.85. The molecule has 100 valence electrons. The SMILES string of the molecule is CCC(CSC)NC(=O)c1cccc(OC)c1O. The van der Waals surface area contributed by atoms with Crippen LogP contribution in [0.2, 0.25) is 0 Å². The summed E-state index contributed by atoms with van der Waals surface area (Å²) in [5, 5.41) is 12.8. The highest BCUT2D eigenvalue weighted by Crippen LogP contribution is 2.29. The van der Waals surface area contributed by atoms with E-state index in [0.717, 1.165) is 12.2 Å². The number of aromatic hydroxyl groups is 1. The third-order valence-electron chi connectivity index (χ3n) is 2.66. The topological polar surface area (TPSA) is 58.6 Å². The molecule has 0 aliphatic carbocycles. The molecule has 4 nitrogen and oxygen atoms in total. The highest BCUT2D eigenvalue weighted by Gasteiger charge is 2.17. The van der Waals surface area contributed by atoms with Crippen LogP contribution < -0.4 is 10.1 Å². The van der Waals surface area contributed by atoms with Gasteiger partial charge in [0.2, 0.25) is 0 Å². The lowest BCUT2D eigenvalue weighted by Gasteiger charge is -2.16. The van der Waals surface area contributed by atoms with E-state index in [2.05, 4.69) is 5.32 Å². The van der Waals surface area contributed by atoms with E-state index in [-0.39, 0.29) is 23.3 Å². The normalized spacial score (nSPS) is 11.9. The molecule has 0 radical (unpaired) electrons. The van der Waals surface area contributed by atoms with Crippen LogP contribution in [-0.2, 0) is 0 Å². The molecule has 1 atom stereocenters. The number of phenols is 1. The molecule has 0 aromatic heterocycles. The molecule has 0 bridgehead atoms. The maximum Gasteiger partial charge on any atom is 0.255 e. The molecular formula is C13H19NO3S. The number of rotatable bonds is 6. The van der Waals surface area contributed by atoms with Crippen LogP contribution in [0, 0.1) is 0 Å². The van der Waals surface area contributed by atoms with Gasteiger partial charge in [-0.3, -0.25) is 4.79 Å². The van der Waals surface area contributed by atoms with Crippen molar-refractivity contribution in [3.05, 3.63) is 23.8 Å². The van der Waals surface area contributed by atoms with Gasteiger partial charge in [0, 0.05) is 11.8 Å². The zero-order valence-corrected chi connectivity index (χ0v) is 11.7. The molecule has 2 N–H and O–H groups in total. The van der Waals surface area contributed by atoms with Gasteiger partial charge in [0.15, 0.2) is 11.5 Å². The molecule has 1 aromatic carbocycles. The highest BCUT2D eigenvalue weighted by molar-refractivity contribution is 7.98. The summed E-state index contributed by atoms with van der Waals surface area (Å²) >= 11 is 1.68. The van der Waals surface area contributed by atoms with Crippen LogP contribution in [0.3, 0.4) is 0 Å². The number of benzene rings is 1. The van der Waals surface area contributed by atoms with Crippen molar-refractivity contribution in [2.24, 2.45) is 0 Å². The monoisotopic (exact) mass is 269 g/mol. The smallest absolute Gasteiger partial charge is 0.255 e. The second-order valence-corrected chi connectivity index (χ2v) is 4.80.